The normalized spacial score (nSPS) is 23.1. The molecule has 1 amide bonds. The number of aromatic nitrogens is 4. The standard InChI is InChI=1S/C18H26N6O2/c1-15-11-21-23(12-15)14-16-13-22(9-10-26-16)17(25)18(3-6-19-7-4-18)24-8-2-5-20-24/h2,5,8,11-12,16,19H,3-4,6-7,9-10,13-14H2,1H3. The number of nitrogens with one attached hydrogen (secondary N) is 1. The average Bonchev–Trinajstić information content (AvgIpc) is 3.34. The van der Waals surface area contributed by atoms with E-state index in [4.69, 9.17) is 4.74 Å². The molecule has 0 aliphatic carbocycles. The predicted octanol–water partition coefficient (Wildman–Crippen LogP) is 0.394. The van der Waals surface area contributed by atoms with Crippen LogP contribution in [0, 0.1) is 6.92 Å². The van der Waals surface area contributed by atoms with E-state index >= 15 is 0 Å². The van der Waals surface area contributed by atoms with Gasteiger partial charge in [0.15, 0.2) is 0 Å². The Labute approximate surface area is 153 Å². The average molecular weight is 358 g/mol. The summed E-state index contributed by atoms with van der Waals surface area (Å²) >= 11 is 0. The van der Waals surface area contributed by atoms with E-state index in [1.807, 2.05) is 45.8 Å². The highest BCUT2D eigenvalue weighted by Gasteiger charge is 2.45. The third-order valence-electron chi connectivity index (χ3n) is 5.35. The predicted molar refractivity (Wildman–Crippen MR) is 95.6 cm³/mol. The molecule has 4 rings (SSSR count). The van der Waals surface area contributed by atoms with Crippen molar-refractivity contribution in [2.45, 2.75) is 38.0 Å². The van der Waals surface area contributed by atoms with Gasteiger partial charge in [-0.3, -0.25) is 14.2 Å². The Hall–Kier alpha value is -2.19. The summed E-state index contributed by atoms with van der Waals surface area (Å²) in [5.74, 6) is 0.160. The fourth-order valence-corrected chi connectivity index (χ4v) is 3.99. The molecule has 0 saturated carbocycles. The Kier molecular flexibility index (Phi) is 4.78. The van der Waals surface area contributed by atoms with E-state index in [0.29, 0.717) is 26.2 Å². The van der Waals surface area contributed by atoms with Crippen molar-refractivity contribution in [3.63, 3.8) is 0 Å². The summed E-state index contributed by atoms with van der Waals surface area (Å²) in [7, 11) is 0. The Morgan fingerprint density at radius 3 is 2.92 bits per heavy atom. The molecule has 2 aromatic rings. The van der Waals surface area contributed by atoms with Crippen LogP contribution in [0.4, 0.5) is 0 Å². The molecule has 2 saturated heterocycles. The number of amides is 1. The molecule has 0 radical (unpaired) electrons. The molecule has 0 spiro atoms. The van der Waals surface area contributed by atoms with Crippen LogP contribution in [-0.4, -0.2) is 69.3 Å². The summed E-state index contributed by atoms with van der Waals surface area (Å²) in [6.07, 6.45) is 8.98. The van der Waals surface area contributed by atoms with Gasteiger partial charge in [0, 0.05) is 31.7 Å². The first-order valence-corrected chi connectivity index (χ1v) is 9.28. The van der Waals surface area contributed by atoms with Gasteiger partial charge >= 0.3 is 0 Å². The lowest BCUT2D eigenvalue weighted by atomic mass is 9.86. The van der Waals surface area contributed by atoms with Gasteiger partial charge in [-0.15, -0.1) is 0 Å². The summed E-state index contributed by atoms with van der Waals surface area (Å²) < 4.78 is 9.64. The fourth-order valence-electron chi connectivity index (χ4n) is 3.99. The third kappa shape index (κ3) is 3.26. The minimum atomic E-state index is -0.584. The minimum Gasteiger partial charge on any atom is -0.373 e. The Balaban J connectivity index is 1.50. The molecule has 2 fully saturated rings. The number of morpholine rings is 1. The lowest BCUT2D eigenvalue weighted by Gasteiger charge is -2.42. The van der Waals surface area contributed by atoms with Crippen LogP contribution in [0.15, 0.2) is 30.9 Å². The summed E-state index contributed by atoms with van der Waals surface area (Å²) in [5, 5.41) is 12.1. The number of carbonyl (C=O) groups is 1. The summed E-state index contributed by atoms with van der Waals surface area (Å²) in [6, 6.07) is 1.89. The molecule has 2 aliphatic heterocycles. The topological polar surface area (TPSA) is 77.2 Å². The van der Waals surface area contributed by atoms with Crippen molar-refractivity contribution >= 4 is 5.91 Å². The zero-order valence-electron chi connectivity index (χ0n) is 15.2. The summed E-state index contributed by atoms with van der Waals surface area (Å²) in [6.45, 7) is 6.11. The first-order valence-electron chi connectivity index (χ1n) is 9.28. The van der Waals surface area contributed by atoms with Crippen molar-refractivity contribution in [1.82, 2.24) is 29.8 Å². The monoisotopic (exact) mass is 358 g/mol. The van der Waals surface area contributed by atoms with Gasteiger partial charge in [0.25, 0.3) is 5.91 Å². The number of nitrogens with zero attached hydrogens (tertiary/aromatic N) is 5. The van der Waals surface area contributed by atoms with E-state index in [9.17, 15) is 4.79 Å². The second-order valence-electron chi connectivity index (χ2n) is 7.22. The number of hydrogen-bond acceptors (Lipinski definition) is 5. The van der Waals surface area contributed by atoms with E-state index in [1.54, 1.807) is 6.20 Å². The van der Waals surface area contributed by atoms with Crippen LogP contribution in [0.1, 0.15) is 18.4 Å². The van der Waals surface area contributed by atoms with Gasteiger partial charge in [0.1, 0.15) is 5.54 Å². The van der Waals surface area contributed by atoms with Crippen LogP contribution in [-0.2, 0) is 21.6 Å². The number of aryl methyl sites for hydroxylation is 1. The highest BCUT2D eigenvalue weighted by Crippen LogP contribution is 2.30. The van der Waals surface area contributed by atoms with E-state index in [0.717, 1.165) is 31.5 Å². The quantitative estimate of drug-likeness (QED) is 0.856. The molecule has 2 aromatic heterocycles. The van der Waals surface area contributed by atoms with Gasteiger partial charge in [-0.2, -0.15) is 10.2 Å². The number of ether oxygens (including phenoxy) is 1. The molecule has 1 unspecified atom stereocenters. The molecule has 26 heavy (non-hydrogen) atoms. The molecular weight excluding hydrogens is 332 g/mol. The molecular formula is C18H26N6O2. The van der Waals surface area contributed by atoms with Crippen LogP contribution in [0.3, 0.4) is 0 Å². The van der Waals surface area contributed by atoms with Gasteiger partial charge in [0.2, 0.25) is 0 Å². The first kappa shape index (κ1) is 17.2. The maximum absolute atomic E-state index is 13.5. The van der Waals surface area contributed by atoms with E-state index in [1.165, 1.54) is 0 Å². The largest absolute Gasteiger partial charge is 0.373 e. The van der Waals surface area contributed by atoms with Crippen molar-refractivity contribution in [3.8, 4) is 0 Å². The molecule has 8 nitrogen and oxygen atoms in total. The number of hydrogen-bond donors (Lipinski definition) is 1. The molecule has 2 aliphatic rings. The number of rotatable bonds is 4. The van der Waals surface area contributed by atoms with Gasteiger partial charge in [-0.25, -0.2) is 0 Å². The molecule has 0 bridgehead atoms. The maximum Gasteiger partial charge on any atom is 0.250 e. The van der Waals surface area contributed by atoms with Crippen LogP contribution < -0.4 is 5.32 Å². The first-order chi connectivity index (χ1) is 12.7. The molecule has 0 aromatic carbocycles. The summed E-state index contributed by atoms with van der Waals surface area (Å²) in [4.78, 5) is 15.5. The lowest BCUT2D eigenvalue weighted by Crippen LogP contribution is -2.59. The lowest BCUT2D eigenvalue weighted by molar-refractivity contribution is -0.151. The number of piperidine rings is 1. The van der Waals surface area contributed by atoms with Crippen molar-refractivity contribution in [1.29, 1.82) is 0 Å². The molecule has 8 heteroatoms. The maximum atomic E-state index is 13.5. The molecule has 140 valence electrons. The third-order valence-corrected chi connectivity index (χ3v) is 5.35. The number of carbonyl (C=O) groups excluding carboxylic acids is 1. The van der Waals surface area contributed by atoms with Gasteiger partial charge < -0.3 is 15.0 Å². The summed E-state index contributed by atoms with van der Waals surface area (Å²) in [5.41, 5.74) is 0.542. The van der Waals surface area contributed by atoms with Crippen LogP contribution in [0.25, 0.3) is 0 Å². The smallest absolute Gasteiger partial charge is 0.250 e. The van der Waals surface area contributed by atoms with E-state index < -0.39 is 5.54 Å². The highest BCUT2D eigenvalue weighted by atomic mass is 16.5. The second kappa shape index (κ2) is 7.20. The van der Waals surface area contributed by atoms with Crippen molar-refractivity contribution in [3.05, 3.63) is 36.4 Å². The van der Waals surface area contributed by atoms with E-state index in [-0.39, 0.29) is 12.0 Å². The van der Waals surface area contributed by atoms with Gasteiger partial charge in [-0.1, -0.05) is 0 Å². The SMILES string of the molecule is Cc1cnn(CC2CN(C(=O)C3(n4cccn4)CCNCC3)CCO2)c1. The highest BCUT2D eigenvalue weighted by molar-refractivity contribution is 5.84. The van der Waals surface area contributed by atoms with Crippen molar-refractivity contribution in [2.24, 2.45) is 0 Å². The fraction of sp³-hybridized carbons (Fsp3) is 0.611. The zero-order chi connectivity index (χ0) is 18.0. The van der Waals surface area contributed by atoms with Gasteiger partial charge in [-0.05, 0) is 44.5 Å². The van der Waals surface area contributed by atoms with Gasteiger partial charge in [0.05, 0.1) is 25.5 Å². The van der Waals surface area contributed by atoms with Crippen molar-refractivity contribution < 1.29 is 9.53 Å². The van der Waals surface area contributed by atoms with E-state index in [2.05, 4.69) is 15.5 Å². The molecule has 1 N–H and O–H groups in total. The van der Waals surface area contributed by atoms with Crippen LogP contribution >= 0.6 is 0 Å². The van der Waals surface area contributed by atoms with Crippen LogP contribution in [0.5, 0.6) is 0 Å². The van der Waals surface area contributed by atoms with Crippen molar-refractivity contribution in [2.75, 3.05) is 32.8 Å². The Morgan fingerprint density at radius 1 is 1.38 bits per heavy atom. The Morgan fingerprint density at radius 2 is 2.23 bits per heavy atom. The zero-order valence-corrected chi connectivity index (χ0v) is 15.2. The van der Waals surface area contributed by atoms with Crippen LogP contribution in [0.2, 0.25) is 0 Å². The second-order valence-corrected chi connectivity index (χ2v) is 7.22. The minimum absolute atomic E-state index is 0.0385. The molecule has 1 atom stereocenters. The Bertz CT molecular complexity index is 735. The molecule has 4 heterocycles.